The molecule has 1 unspecified atom stereocenters. The van der Waals surface area contributed by atoms with Gasteiger partial charge in [-0.1, -0.05) is 19.1 Å². The molecule has 2 aromatic rings. The third-order valence-electron chi connectivity index (χ3n) is 3.17. The molecule has 1 heterocycles. The molecule has 0 aliphatic rings. The summed E-state index contributed by atoms with van der Waals surface area (Å²) in [5, 5.41) is 5.07. The van der Waals surface area contributed by atoms with Crippen molar-refractivity contribution in [1.82, 2.24) is 0 Å². The summed E-state index contributed by atoms with van der Waals surface area (Å²) >= 11 is 0. The molecule has 0 bridgehead atoms. The van der Waals surface area contributed by atoms with E-state index in [0.717, 1.165) is 24.2 Å². The third-order valence-corrected chi connectivity index (χ3v) is 4.10. The number of furan rings is 1. The summed E-state index contributed by atoms with van der Waals surface area (Å²) in [4.78, 5) is 0.141. The van der Waals surface area contributed by atoms with E-state index in [2.05, 4.69) is 6.92 Å². The van der Waals surface area contributed by atoms with Crippen LogP contribution in [0.1, 0.15) is 30.6 Å². The van der Waals surface area contributed by atoms with Crippen LogP contribution in [0.3, 0.4) is 0 Å². The highest BCUT2D eigenvalue weighted by atomic mass is 32.2. The summed E-state index contributed by atoms with van der Waals surface area (Å²) < 4.78 is 27.8. The van der Waals surface area contributed by atoms with Gasteiger partial charge >= 0.3 is 0 Å². The Morgan fingerprint density at radius 1 is 1.21 bits per heavy atom. The minimum atomic E-state index is -3.62. The molecule has 1 aromatic heterocycles. The maximum atomic E-state index is 11.2. The quantitative estimate of drug-likeness (QED) is 0.914. The van der Waals surface area contributed by atoms with Gasteiger partial charge in [0.1, 0.15) is 5.76 Å². The lowest BCUT2D eigenvalue weighted by molar-refractivity contribution is 0.452. The highest BCUT2D eigenvalue weighted by Crippen LogP contribution is 2.24. The number of sulfonamides is 1. The Labute approximate surface area is 113 Å². The second-order valence-corrected chi connectivity index (χ2v) is 6.08. The van der Waals surface area contributed by atoms with Crippen LogP contribution in [-0.4, -0.2) is 8.42 Å². The number of nitrogens with two attached hydrogens (primary N) is 1. The lowest BCUT2D eigenvalue weighted by atomic mass is 9.95. The van der Waals surface area contributed by atoms with Crippen LogP contribution in [0.15, 0.2) is 52.0 Å². The van der Waals surface area contributed by atoms with E-state index in [1.165, 1.54) is 0 Å². The highest BCUT2D eigenvalue weighted by molar-refractivity contribution is 7.89. The van der Waals surface area contributed by atoms with Crippen molar-refractivity contribution >= 4 is 10.0 Å². The van der Waals surface area contributed by atoms with Crippen LogP contribution in [0, 0.1) is 0 Å². The standard InChI is InChI=1S/C14H17NO3S/c1-2-12(14-4-3-9-18-14)10-11-5-7-13(8-6-11)19(15,16)17/h3-9,12H,2,10H2,1H3,(H2,15,16,17). The number of hydrogen-bond acceptors (Lipinski definition) is 3. The lowest BCUT2D eigenvalue weighted by Crippen LogP contribution is -2.12. The predicted molar refractivity (Wildman–Crippen MR) is 73.3 cm³/mol. The average Bonchev–Trinajstić information content (AvgIpc) is 2.89. The molecule has 4 nitrogen and oxygen atoms in total. The van der Waals surface area contributed by atoms with Gasteiger partial charge in [-0.2, -0.15) is 0 Å². The van der Waals surface area contributed by atoms with E-state index in [0.29, 0.717) is 5.92 Å². The Balaban J connectivity index is 2.15. The largest absolute Gasteiger partial charge is 0.469 e. The van der Waals surface area contributed by atoms with Gasteiger partial charge in [0.2, 0.25) is 10.0 Å². The van der Waals surface area contributed by atoms with E-state index in [-0.39, 0.29) is 4.90 Å². The van der Waals surface area contributed by atoms with Crippen molar-refractivity contribution in [1.29, 1.82) is 0 Å². The van der Waals surface area contributed by atoms with Crippen LogP contribution in [0.5, 0.6) is 0 Å². The van der Waals surface area contributed by atoms with E-state index in [1.54, 1.807) is 30.5 Å². The van der Waals surface area contributed by atoms with Crippen LogP contribution < -0.4 is 5.14 Å². The van der Waals surface area contributed by atoms with Crippen LogP contribution in [0.25, 0.3) is 0 Å². The molecule has 102 valence electrons. The van der Waals surface area contributed by atoms with E-state index in [9.17, 15) is 8.42 Å². The fraction of sp³-hybridized carbons (Fsp3) is 0.286. The SMILES string of the molecule is CCC(Cc1ccc(S(N)(=O)=O)cc1)c1ccco1. The van der Waals surface area contributed by atoms with Gasteiger partial charge in [-0.3, -0.25) is 0 Å². The normalized spacial score (nSPS) is 13.4. The molecular formula is C14H17NO3S. The van der Waals surface area contributed by atoms with Gasteiger partial charge in [-0.25, -0.2) is 13.6 Å². The van der Waals surface area contributed by atoms with E-state index < -0.39 is 10.0 Å². The Bertz CT molecular complexity index is 615. The van der Waals surface area contributed by atoms with Crippen molar-refractivity contribution in [3.8, 4) is 0 Å². The monoisotopic (exact) mass is 279 g/mol. The first kappa shape index (κ1) is 13.8. The van der Waals surface area contributed by atoms with Gasteiger partial charge in [0.05, 0.1) is 11.2 Å². The Hall–Kier alpha value is -1.59. The maximum Gasteiger partial charge on any atom is 0.238 e. The van der Waals surface area contributed by atoms with Crippen molar-refractivity contribution in [2.24, 2.45) is 5.14 Å². The first-order chi connectivity index (χ1) is 9.00. The second kappa shape index (κ2) is 5.59. The van der Waals surface area contributed by atoms with Crippen LogP contribution in [0.2, 0.25) is 0 Å². The third kappa shape index (κ3) is 3.45. The minimum Gasteiger partial charge on any atom is -0.469 e. The van der Waals surface area contributed by atoms with Gasteiger partial charge in [-0.05, 0) is 42.7 Å². The first-order valence-corrected chi connectivity index (χ1v) is 7.70. The van der Waals surface area contributed by atoms with Gasteiger partial charge in [-0.15, -0.1) is 0 Å². The summed E-state index contributed by atoms with van der Waals surface area (Å²) in [7, 11) is -3.62. The van der Waals surface area contributed by atoms with Crippen LogP contribution in [0.4, 0.5) is 0 Å². The molecule has 0 fully saturated rings. The molecule has 0 saturated heterocycles. The van der Waals surface area contributed by atoms with E-state index in [1.807, 2.05) is 12.1 Å². The molecule has 1 atom stereocenters. The first-order valence-electron chi connectivity index (χ1n) is 6.16. The summed E-state index contributed by atoms with van der Waals surface area (Å²) in [6.07, 6.45) is 3.45. The molecule has 0 saturated carbocycles. The van der Waals surface area contributed by atoms with Gasteiger partial charge < -0.3 is 4.42 Å². The Morgan fingerprint density at radius 2 is 1.89 bits per heavy atom. The summed E-state index contributed by atoms with van der Waals surface area (Å²) in [6, 6.07) is 10.5. The average molecular weight is 279 g/mol. The molecule has 0 aliphatic carbocycles. The molecule has 0 aliphatic heterocycles. The number of rotatable bonds is 5. The van der Waals surface area contributed by atoms with Crippen molar-refractivity contribution in [2.45, 2.75) is 30.6 Å². The molecule has 0 radical (unpaired) electrons. The van der Waals surface area contributed by atoms with Gasteiger partial charge in [0, 0.05) is 5.92 Å². The zero-order valence-electron chi connectivity index (χ0n) is 10.7. The predicted octanol–water partition coefficient (Wildman–Crippen LogP) is 2.66. The Morgan fingerprint density at radius 3 is 2.37 bits per heavy atom. The van der Waals surface area contributed by atoms with Crippen molar-refractivity contribution in [3.05, 3.63) is 54.0 Å². The topological polar surface area (TPSA) is 73.3 Å². The molecule has 5 heteroatoms. The zero-order valence-corrected chi connectivity index (χ0v) is 11.6. The van der Waals surface area contributed by atoms with Gasteiger partial charge in [0.15, 0.2) is 0 Å². The molecular weight excluding hydrogens is 262 g/mol. The lowest BCUT2D eigenvalue weighted by Gasteiger charge is -2.12. The van der Waals surface area contributed by atoms with Crippen molar-refractivity contribution < 1.29 is 12.8 Å². The second-order valence-electron chi connectivity index (χ2n) is 4.51. The number of hydrogen-bond donors (Lipinski definition) is 1. The molecule has 2 rings (SSSR count). The van der Waals surface area contributed by atoms with Crippen LogP contribution in [-0.2, 0) is 16.4 Å². The molecule has 0 amide bonds. The summed E-state index contributed by atoms with van der Waals surface area (Å²) in [5.41, 5.74) is 1.07. The number of benzene rings is 1. The minimum absolute atomic E-state index is 0.141. The van der Waals surface area contributed by atoms with Crippen LogP contribution >= 0.6 is 0 Å². The summed E-state index contributed by atoms with van der Waals surface area (Å²) in [5.74, 6) is 1.26. The zero-order chi connectivity index (χ0) is 13.9. The smallest absolute Gasteiger partial charge is 0.238 e. The Kier molecular flexibility index (Phi) is 4.07. The molecule has 1 aromatic carbocycles. The fourth-order valence-electron chi connectivity index (χ4n) is 2.07. The summed E-state index contributed by atoms with van der Waals surface area (Å²) in [6.45, 7) is 2.10. The van der Waals surface area contributed by atoms with E-state index in [4.69, 9.17) is 9.56 Å². The maximum absolute atomic E-state index is 11.2. The molecule has 0 spiro atoms. The van der Waals surface area contributed by atoms with Gasteiger partial charge in [0.25, 0.3) is 0 Å². The fourth-order valence-corrected chi connectivity index (χ4v) is 2.58. The number of primary sulfonamides is 1. The highest BCUT2D eigenvalue weighted by Gasteiger charge is 2.14. The van der Waals surface area contributed by atoms with E-state index >= 15 is 0 Å². The molecule has 2 N–H and O–H groups in total. The van der Waals surface area contributed by atoms with Crippen molar-refractivity contribution in [3.63, 3.8) is 0 Å². The van der Waals surface area contributed by atoms with Crippen molar-refractivity contribution in [2.75, 3.05) is 0 Å². The molecule has 19 heavy (non-hydrogen) atoms.